The molecule has 0 amide bonds. The van der Waals surface area contributed by atoms with Crippen LogP contribution in [0.1, 0.15) is 76.8 Å². The number of unbranched alkanes of at least 4 members (excludes halogenated alkanes) is 8. The van der Waals surface area contributed by atoms with Crippen molar-refractivity contribution in [1.29, 1.82) is 0 Å². The molecule has 1 aromatic heterocycles. The molecule has 0 aliphatic carbocycles. The summed E-state index contributed by atoms with van der Waals surface area (Å²) in [5, 5.41) is 4.38. The number of nitrogens with two attached hydrogens (primary N) is 1. The third-order valence-electron chi connectivity index (χ3n) is 3.92. The van der Waals surface area contributed by atoms with Gasteiger partial charge in [0.1, 0.15) is 0 Å². The second-order valence-corrected chi connectivity index (χ2v) is 6.06. The molecule has 20 heavy (non-hydrogen) atoms. The Balaban J connectivity index is 1.90. The highest BCUT2D eigenvalue weighted by Crippen LogP contribution is 2.12. The van der Waals surface area contributed by atoms with E-state index in [1.807, 2.05) is 17.9 Å². The van der Waals surface area contributed by atoms with Gasteiger partial charge < -0.3 is 5.73 Å². The molecule has 0 bridgehead atoms. The van der Waals surface area contributed by atoms with Gasteiger partial charge in [0.25, 0.3) is 0 Å². The molecule has 0 radical (unpaired) electrons. The summed E-state index contributed by atoms with van der Waals surface area (Å²) in [4.78, 5) is 0. The van der Waals surface area contributed by atoms with Crippen molar-refractivity contribution in [1.82, 2.24) is 9.78 Å². The first-order valence-corrected chi connectivity index (χ1v) is 8.46. The summed E-state index contributed by atoms with van der Waals surface area (Å²) < 4.78 is 1.85. The van der Waals surface area contributed by atoms with E-state index in [2.05, 4.69) is 18.1 Å². The van der Waals surface area contributed by atoms with E-state index in [9.17, 15) is 0 Å². The molecule has 0 aliphatic rings. The molecule has 0 saturated heterocycles. The Morgan fingerprint density at radius 1 is 1.05 bits per heavy atom. The molecule has 1 aromatic rings. The minimum Gasteiger partial charge on any atom is -0.327 e. The molecule has 1 atom stereocenters. The fourth-order valence-corrected chi connectivity index (χ4v) is 2.66. The van der Waals surface area contributed by atoms with E-state index in [4.69, 9.17) is 5.73 Å². The lowest BCUT2D eigenvalue weighted by atomic mass is 10.0. The van der Waals surface area contributed by atoms with Crippen molar-refractivity contribution in [3.63, 3.8) is 0 Å². The van der Waals surface area contributed by atoms with E-state index in [1.165, 1.54) is 57.8 Å². The fraction of sp³-hybridized carbons (Fsp3) is 0.824. The first kappa shape index (κ1) is 17.2. The SMILES string of the molecule is CCCCCCCCCCCC(N)Cc1ccn(C)n1. The van der Waals surface area contributed by atoms with Crippen LogP contribution in [0.2, 0.25) is 0 Å². The molecule has 1 unspecified atom stereocenters. The third-order valence-corrected chi connectivity index (χ3v) is 3.92. The monoisotopic (exact) mass is 279 g/mol. The largest absolute Gasteiger partial charge is 0.327 e. The van der Waals surface area contributed by atoms with Crippen LogP contribution in [0.25, 0.3) is 0 Å². The molecule has 0 aromatic carbocycles. The van der Waals surface area contributed by atoms with Crippen LogP contribution in [0.5, 0.6) is 0 Å². The minimum atomic E-state index is 0.273. The first-order chi connectivity index (χ1) is 9.72. The molecule has 3 heteroatoms. The lowest BCUT2D eigenvalue weighted by molar-refractivity contribution is 0.518. The van der Waals surface area contributed by atoms with Crippen molar-refractivity contribution in [2.45, 2.75) is 83.6 Å². The molecule has 0 spiro atoms. The van der Waals surface area contributed by atoms with Crippen molar-refractivity contribution in [2.24, 2.45) is 12.8 Å². The van der Waals surface area contributed by atoms with Crippen LogP contribution in [-0.2, 0) is 13.5 Å². The van der Waals surface area contributed by atoms with Crippen LogP contribution in [-0.4, -0.2) is 15.8 Å². The Hall–Kier alpha value is -0.830. The normalized spacial score (nSPS) is 12.8. The highest BCUT2D eigenvalue weighted by atomic mass is 15.2. The van der Waals surface area contributed by atoms with E-state index in [-0.39, 0.29) is 6.04 Å². The van der Waals surface area contributed by atoms with Gasteiger partial charge in [0.05, 0.1) is 5.69 Å². The Labute approximate surface area is 124 Å². The zero-order valence-corrected chi connectivity index (χ0v) is 13.5. The maximum atomic E-state index is 6.16. The van der Waals surface area contributed by atoms with Crippen molar-refractivity contribution < 1.29 is 0 Å². The molecule has 0 aliphatic heterocycles. The van der Waals surface area contributed by atoms with Gasteiger partial charge in [0.2, 0.25) is 0 Å². The highest BCUT2D eigenvalue weighted by molar-refractivity contribution is 5.00. The predicted octanol–water partition coefficient (Wildman–Crippen LogP) is 4.21. The molecule has 2 N–H and O–H groups in total. The van der Waals surface area contributed by atoms with Gasteiger partial charge in [-0.2, -0.15) is 5.10 Å². The number of hydrogen-bond donors (Lipinski definition) is 1. The smallest absolute Gasteiger partial charge is 0.0639 e. The molecule has 1 heterocycles. The van der Waals surface area contributed by atoms with Gasteiger partial charge in [0, 0.05) is 25.7 Å². The number of hydrogen-bond acceptors (Lipinski definition) is 2. The Morgan fingerprint density at radius 3 is 2.20 bits per heavy atom. The van der Waals surface area contributed by atoms with Crippen LogP contribution in [0.3, 0.4) is 0 Å². The average molecular weight is 279 g/mol. The summed E-state index contributed by atoms with van der Waals surface area (Å²) in [7, 11) is 1.95. The Bertz CT molecular complexity index is 333. The van der Waals surface area contributed by atoms with Crippen molar-refractivity contribution >= 4 is 0 Å². The zero-order valence-electron chi connectivity index (χ0n) is 13.5. The van der Waals surface area contributed by atoms with Crippen molar-refractivity contribution in [2.75, 3.05) is 0 Å². The van der Waals surface area contributed by atoms with Crippen LogP contribution >= 0.6 is 0 Å². The molecule has 3 nitrogen and oxygen atoms in total. The van der Waals surface area contributed by atoms with E-state index < -0.39 is 0 Å². The van der Waals surface area contributed by atoms with Crippen LogP contribution in [0.4, 0.5) is 0 Å². The van der Waals surface area contributed by atoms with E-state index in [0.717, 1.165) is 18.5 Å². The Morgan fingerprint density at radius 2 is 1.65 bits per heavy atom. The summed E-state index contributed by atoms with van der Waals surface area (Å²) in [5.74, 6) is 0. The number of rotatable bonds is 12. The summed E-state index contributed by atoms with van der Waals surface area (Å²) in [5.41, 5.74) is 7.28. The van der Waals surface area contributed by atoms with Gasteiger partial charge in [-0.3, -0.25) is 4.68 Å². The maximum Gasteiger partial charge on any atom is 0.0639 e. The van der Waals surface area contributed by atoms with Crippen LogP contribution in [0.15, 0.2) is 12.3 Å². The van der Waals surface area contributed by atoms with Gasteiger partial charge in [-0.25, -0.2) is 0 Å². The molecular formula is C17H33N3. The number of aryl methyl sites for hydroxylation is 1. The Kier molecular flexibility index (Phi) is 9.38. The zero-order chi connectivity index (χ0) is 14.6. The van der Waals surface area contributed by atoms with E-state index in [0.29, 0.717) is 0 Å². The minimum absolute atomic E-state index is 0.273. The molecular weight excluding hydrogens is 246 g/mol. The predicted molar refractivity (Wildman–Crippen MR) is 86.7 cm³/mol. The topological polar surface area (TPSA) is 43.8 Å². The second kappa shape index (κ2) is 10.9. The summed E-state index contributed by atoms with van der Waals surface area (Å²) >= 11 is 0. The third kappa shape index (κ3) is 8.36. The van der Waals surface area contributed by atoms with Gasteiger partial charge in [-0.15, -0.1) is 0 Å². The number of aromatic nitrogens is 2. The van der Waals surface area contributed by atoms with Gasteiger partial charge >= 0.3 is 0 Å². The van der Waals surface area contributed by atoms with Gasteiger partial charge in [0.15, 0.2) is 0 Å². The molecule has 0 saturated carbocycles. The molecule has 0 fully saturated rings. The quantitative estimate of drug-likeness (QED) is 0.582. The van der Waals surface area contributed by atoms with Crippen molar-refractivity contribution in [3.8, 4) is 0 Å². The van der Waals surface area contributed by atoms with Crippen molar-refractivity contribution in [3.05, 3.63) is 18.0 Å². The van der Waals surface area contributed by atoms with Crippen LogP contribution < -0.4 is 5.73 Å². The maximum absolute atomic E-state index is 6.16. The molecule has 1 rings (SSSR count). The standard InChI is InChI=1S/C17H33N3/c1-3-4-5-6-7-8-9-10-11-12-16(18)15-17-13-14-20(2)19-17/h13-14,16H,3-12,15,18H2,1-2H3. The number of nitrogens with zero attached hydrogens (tertiary/aromatic N) is 2. The second-order valence-electron chi connectivity index (χ2n) is 6.06. The summed E-state index contributed by atoms with van der Waals surface area (Å²) in [6.07, 6.45) is 16.4. The van der Waals surface area contributed by atoms with Gasteiger partial charge in [-0.05, 0) is 12.5 Å². The van der Waals surface area contributed by atoms with E-state index in [1.54, 1.807) is 0 Å². The summed E-state index contributed by atoms with van der Waals surface area (Å²) in [6, 6.07) is 2.34. The highest BCUT2D eigenvalue weighted by Gasteiger charge is 2.06. The van der Waals surface area contributed by atoms with Crippen LogP contribution in [0, 0.1) is 0 Å². The first-order valence-electron chi connectivity index (χ1n) is 8.46. The van der Waals surface area contributed by atoms with Gasteiger partial charge in [-0.1, -0.05) is 64.7 Å². The lowest BCUT2D eigenvalue weighted by Gasteiger charge is -2.09. The fourth-order valence-electron chi connectivity index (χ4n) is 2.66. The molecule has 116 valence electrons. The van der Waals surface area contributed by atoms with E-state index >= 15 is 0 Å². The lowest BCUT2D eigenvalue weighted by Crippen LogP contribution is -2.22. The average Bonchev–Trinajstić information content (AvgIpc) is 2.82. The summed E-state index contributed by atoms with van der Waals surface area (Å²) in [6.45, 7) is 2.27.